The first-order chi connectivity index (χ1) is 38.8. The maximum absolute atomic E-state index is 7.98. The predicted molar refractivity (Wildman–Crippen MR) is 333 cm³/mol. The van der Waals surface area contributed by atoms with Crippen molar-refractivity contribution in [3.8, 4) is 0 Å². The summed E-state index contributed by atoms with van der Waals surface area (Å²) in [6.45, 7) is 35.1. The summed E-state index contributed by atoms with van der Waals surface area (Å²) in [5.74, 6) is 1.75. The summed E-state index contributed by atoms with van der Waals surface area (Å²) in [4.78, 5) is 5.08. The van der Waals surface area contributed by atoms with Crippen LogP contribution in [0.25, 0.3) is 38.3 Å². The molecule has 4 aliphatic rings. The van der Waals surface area contributed by atoms with Gasteiger partial charge in [-0.05, 0) is 102 Å². The molecule has 4 heterocycles. The molecule has 0 bridgehead atoms. The van der Waals surface area contributed by atoms with E-state index in [1.54, 1.807) is 0 Å². The number of hydrogen-bond acceptors (Lipinski definition) is 10. The summed E-state index contributed by atoms with van der Waals surface area (Å²) in [6.07, 6.45) is 9.78. The fourth-order valence-corrected chi connectivity index (χ4v) is 8.99. The molecule has 451 valence electrons. The number of aliphatic imine (C=N–C) groups is 1. The Bertz CT molecular complexity index is 2300. The number of rotatable bonds is 8. The van der Waals surface area contributed by atoms with Crippen molar-refractivity contribution >= 4 is 50.0 Å². The van der Waals surface area contributed by atoms with Crippen LogP contribution in [-0.2, 0) is 62.1 Å². The average molecular weight is 1250 g/mol. The van der Waals surface area contributed by atoms with Gasteiger partial charge in [-0.3, -0.25) is 4.99 Å². The van der Waals surface area contributed by atoms with E-state index in [0.29, 0.717) is 114 Å². The van der Waals surface area contributed by atoms with Crippen molar-refractivity contribution in [1.82, 2.24) is 0 Å². The Balaban J connectivity index is 0.000000381. The molecule has 4 aliphatic heterocycles. The van der Waals surface area contributed by atoms with E-state index < -0.39 is 0 Å². The van der Waals surface area contributed by atoms with E-state index in [4.69, 9.17) is 64.4 Å². The van der Waals surface area contributed by atoms with Gasteiger partial charge in [-0.15, -0.1) is 17.1 Å². The van der Waals surface area contributed by atoms with Crippen LogP contribution in [0.1, 0.15) is 154 Å². The van der Waals surface area contributed by atoms with Crippen molar-refractivity contribution in [3.05, 3.63) is 136 Å². The molecular weight excluding hydrogens is 1150 g/mol. The van der Waals surface area contributed by atoms with Crippen molar-refractivity contribution in [1.29, 1.82) is 0 Å². The maximum Gasteiger partial charge on any atom is 2.00 e. The Labute approximate surface area is 549 Å². The van der Waals surface area contributed by atoms with Gasteiger partial charge in [0.1, 0.15) is 0 Å². The van der Waals surface area contributed by atoms with Gasteiger partial charge in [0, 0.05) is 45.4 Å². The second-order valence-electron chi connectivity index (χ2n) is 21.3. The van der Waals surface area contributed by atoms with Crippen LogP contribution >= 0.6 is 0 Å². The number of fused-ring (bicyclic) bond motifs is 3. The van der Waals surface area contributed by atoms with Crippen molar-refractivity contribution in [3.63, 3.8) is 0 Å². The molecule has 82 heavy (non-hydrogen) atoms. The zero-order valence-corrected chi connectivity index (χ0v) is 56.6. The first kappa shape index (κ1) is 75.4. The molecule has 0 aliphatic carbocycles. The number of nitrogens with one attached hydrogen (secondary N) is 2. The number of benzene rings is 5. The standard InChI is InChI=1S/C29H41N2.C14H10N2.C12H24O6.3C4H8O.K.Rh/c1-18(2)24-13-11-14-25(19(3)4)28(24)30-22(9)17-23(10)31-29-26(20(5)6)15-12-16-27(29)21(7)8;15-13-11-7-3-1-5-9(11)10-6-2-4-8-12(10)14(13)16;1-2-14-5-6-16-9-10-18-12-11-17-8-7-15-4-3-13-1;3*1-2-4-5-3-1;;/h11-21H,1-10H3;1-8,15-16H;1-12H2;3*1-4H2;;/q-1;-2;;;;;+1;+2/b22-17-,31-23?;;;;;;;. The second kappa shape index (κ2) is 45.6. The van der Waals surface area contributed by atoms with Gasteiger partial charge in [-0.2, -0.15) is 5.70 Å². The van der Waals surface area contributed by atoms with Crippen LogP contribution in [0.3, 0.4) is 0 Å². The van der Waals surface area contributed by atoms with E-state index in [9.17, 15) is 0 Å². The minimum atomic E-state index is 0. The third-order valence-corrected chi connectivity index (χ3v) is 13.3. The average Bonchev–Trinajstić information content (AvgIpc) is 3.86. The van der Waals surface area contributed by atoms with Crippen LogP contribution in [-0.4, -0.2) is 125 Å². The molecule has 1 radical (unpaired) electrons. The summed E-state index contributed by atoms with van der Waals surface area (Å²) in [5, 5.41) is 8.89. The Morgan fingerprint density at radius 1 is 0.390 bits per heavy atom. The van der Waals surface area contributed by atoms with E-state index in [2.05, 4.69) is 112 Å². The molecule has 5 aromatic carbocycles. The first-order valence-corrected chi connectivity index (χ1v) is 29.6. The van der Waals surface area contributed by atoms with Gasteiger partial charge in [0.2, 0.25) is 0 Å². The van der Waals surface area contributed by atoms with Crippen LogP contribution in [0.15, 0.2) is 102 Å². The zero-order chi connectivity index (χ0) is 57.7. The van der Waals surface area contributed by atoms with Gasteiger partial charge in [0.15, 0.2) is 0 Å². The molecule has 0 unspecified atom stereocenters. The Morgan fingerprint density at radius 2 is 0.646 bits per heavy atom. The third kappa shape index (κ3) is 29.1. The normalized spacial score (nSPS) is 16.8. The summed E-state index contributed by atoms with van der Waals surface area (Å²) in [7, 11) is 0. The molecule has 2 N–H and O–H groups in total. The molecule has 0 atom stereocenters. The topological polar surface area (TPSA) is 157 Å². The van der Waals surface area contributed by atoms with Gasteiger partial charge >= 0.3 is 70.9 Å². The number of ether oxygens (including phenoxy) is 9. The maximum atomic E-state index is 7.98. The van der Waals surface area contributed by atoms with Crippen LogP contribution < -0.4 is 51.4 Å². The quantitative estimate of drug-likeness (QED) is 0.0838. The minimum Gasteiger partial charge on any atom is -0.699 e. The molecule has 9 rings (SSSR count). The van der Waals surface area contributed by atoms with E-state index in [-0.39, 0.29) is 70.9 Å². The number of allylic oxidation sites excluding steroid dienone is 2. The van der Waals surface area contributed by atoms with Gasteiger partial charge in [-0.25, -0.2) is 0 Å². The van der Waals surface area contributed by atoms with Gasteiger partial charge in [-0.1, -0.05) is 164 Å². The van der Waals surface area contributed by atoms with Crippen LogP contribution in [0.5, 0.6) is 0 Å². The van der Waals surface area contributed by atoms with Crippen LogP contribution in [0, 0.1) is 0 Å². The van der Waals surface area contributed by atoms with Gasteiger partial charge in [0.05, 0.1) is 85.0 Å². The van der Waals surface area contributed by atoms with Crippen molar-refractivity contribution < 1.29 is 113 Å². The van der Waals surface area contributed by atoms with Crippen molar-refractivity contribution in [2.75, 3.05) is 119 Å². The number of hydrogen-bond donors (Lipinski definition) is 0. The Kier molecular flexibility index (Phi) is 42.0. The van der Waals surface area contributed by atoms with E-state index in [1.165, 1.54) is 60.8 Å². The molecule has 0 spiro atoms. The van der Waals surface area contributed by atoms with Crippen LogP contribution in [0.4, 0.5) is 22.7 Å². The van der Waals surface area contributed by atoms with Crippen molar-refractivity contribution in [2.24, 2.45) is 4.99 Å². The predicted octanol–water partition coefficient (Wildman–Crippen LogP) is 14.7. The fraction of sp³-hybridized carbons (Fsp3) is 0.567. The molecule has 5 aromatic rings. The molecule has 0 aromatic heterocycles. The monoisotopic (exact) mass is 1250 g/mol. The van der Waals surface area contributed by atoms with E-state index >= 15 is 0 Å². The fourth-order valence-electron chi connectivity index (χ4n) is 8.99. The zero-order valence-electron chi connectivity index (χ0n) is 51.8. The SMILES string of the molecule is C1CCOC1.C1CCOC1.C1CCOC1.C1COCCOCCOCCOCCOCCO1.CC(/C=C(/C)[N-]c1c(C(C)C)cccc1C(C)C)=Nc1c(C(C)C)cccc1C(C)C.[K+].[NH-]c1c([NH-])c2ccccc2c2ccccc12.[Rh+2]. The first-order valence-electron chi connectivity index (χ1n) is 29.6. The molecule has 4 fully saturated rings. The molecule has 4 saturated heterocycles. The van der Waals surface area contributed by atoms with Crippen LogP contribution in [0.2, 0.25) is 0 Å². The number of nitrogens with zero attached hydrogens (tertiary/aromatic N) is 2. The Morgan fingerprint density at radius 3 is 0.902 bits per heavy atom. The summed E-state index contributed by atoms with van der Waals surface area (Å²) in [6, 6.07) is 28.7. The molecular formula is C67H99KN4O9Rh. The van der Waals surface area contributed by atoms with E-state index in [0.717, 1.165) is 84.0 Å². The van der Waals surface area contributed by atoms with E-state index in [1.807, 2.05) is 48.5 Å². The number of para-hydroxylation sites is 2. The molecule has 13 nitrogen and oxygen atoms in total. The minimum absolute atomic E-state index is 0. The second-order valence-corrected chi connectivity index (χ2v) is 21.3. The molecule has 15 heteroatoms. The summed E-state index contributed by atoms with van der Waals surface area (Å²) in [5.41, 5.74) is 26.0. The van der Waals surface area contributed by atoms with Gasteiger partial charge < -0.3 is 59.4 Å². The largest absolute Gasteiger partial charge is 2.00 e. The molecule has 0 amide bonds. The summed E-state index contributed by atoms with van der Waals surface area (Å²) >= 11 is 0. The van der Waals surface area contributed by atoms with Gasteiger partial charge in [0.25, 0.3) is 0 Å². The molecule has 0 saturated carbocycles. The summed E-state index contributed by atoms with van der Waals surface area (Å²) < 4.78 is 46.8. The van der Waals surface area contributed by atoms with Crippen molar-refractivity contribution in [2.45, 2.75) is 131 Å². The smallest absolute Gasteiger partial charge is 0.699 e. The Hall–Kier alpha value is -2.67. The third-order valence-electron chi connectivity index (χ3n) is 13.3.